The summed E-state index contributed by atoms with van der Waals surface area (Å²) in [5.41, 5.74) is 0.563. The highest BCUT2D eigenvalue weighted by molar-refractivity contribution is 5.53. The van der Waals surface area contributed by atoms with Gasteiger partial charge in [-0.2, -0.15) is 9.78 Å². The van der Waals surface area contributed by atoms with Gasteiger partial charge in [-0.3, -0.25) is 0 Å². The fourth-order valence-corrected chi connectivity index (χ4v) is 1.58. The van der Waals surface area contributed by atoms with Gasteiger partial charge in [0, 0.05) is 5.56 Å². The monoisotopic (exact) mass is 260 g/mol. The van der Waals surface area contributed by atoms with Gasteiger partial charge in [0.15, 0.2) is 5.82 Å². The summed E-state index contributed by atoms with van der Waals surface area (Å²) < 4.78 is 18.0. The normalized spacial score (nSPS) is 10.8. The second-order valence-electron chi connectivity index (χ2n) is 3.89. The molecule has 3 rings (SSSR count). The molecule has 0 atom stereocenters. The predicted molar refractivity (Wildman–Crippen MR) is 61.3 cm³/mol. The summed E-state index contributed by atoms with van der Waals surface area (Å²) in [7, 11) is 0. The third-order valence-corrected chi connectivity index (χ3v) is 2.38. The molecule has 0 fully saturated rings. The van der Waals surface area contributed by atoms with Gasteiger partial charge in [0.2, 0.25) is 11.7 Å². The zero-order chi connectivity index (χ0) is 13.2. The molecule has 0 aliphatic heterocycles. The van der Waals surface area contributed by atoms with Crippen molar-refractivity contribution in [1.29, 1.82) is 0 Å². The van der Waals surface area contributed by atoms with Gasteiger partial charge in [0.25, 0.3) is 0 Å². The fourth-order valence-electron chi connectivity index (χ4n) is 1.58. The van der Waals surface area contributed by atoms with Crippen LogP contribution in [0.4, 0.5) is 4.39 Å². The Morgan fingerprint density at radius 1 is 1.37 bits per heavy atom. The number of hydrogen-bond acceptors (Lipinski definition) is 6. The van der Waals surface area contributed by atoms with E-state index in [0.29, 0.717) is 23.1 Å². The van der Waals surface area contributed by atoms with Gasteiger partial charge in [-0.05, 0) is 24.3 Å². The first-order chi connectivity index (χ1) is 9.20. The van der Waals surface area contributed by atoms with Gasteiger partial charge in [-0.1, -0.05) is 17.3 Å². The van der Waals surface area contributed by atoms with E-state index in [2.05, 4.69) is 25.6 Å². The summed E-state index contributed by atoms with van der Waals surface area (Å²) in [6.45, 7) is 1.95. The number of tetrazole rings is 1. The maximum Gasteiger partial charge on any atom is 0.250 e. The van der Waals surface area contributed by atoms with Gasteiger partial charge >= 0.3 is 0 Å². The Morgan fingerprint density at radius 2 is 2.26 bits per heavy atom. The van der Waals surface area contributed by atoms with E-state index in [1.54, 1.807) is 19.1 Å². The molecule has 0 spiro atoms. The molecule has 0 N–H and O–H groups in total. The molecular formula is C11H9FN6O. The van der Waals surface area contributed by atoms with Crippen molar-refractivity contribution in [1.82, 2.24) is 30.3 Å². The molecule has 2 heterocycles. The molecule has 3 aromatic rings. The number of aryl methyl sites for hydroxylation is 1. The molecule has 8 heteroatoms. The molecule has 0 saturated carbocycles. The summed E-state index contributed by atoms with van der Waals surface area (Å²) in [5.74, 6) is 0.929. The Hall–Kier alpha value is -2.64. The molecule has 7 nitrogen and oxygen atoms in total. The molecule has 96 valence electrons. The van der Waals surface area contributed by atoms with E-state index < -0.39 is 0 Å². The van der Waals surface area contributed by atoms with E-state index in [-0.39, 0.29) is 12.4 Å². The topological polar surface area (TPSA) is 82.5 Å². The van der Waals surface area contributed by atoms with Crippen LogP contribution < -0.4 is 0 Å². The van der Waals surface area contributed by atoms with Crippen LogP contribution in [0.15, 0.2) is 28.8 Å². The minimum absolute atomic E-state index is 0.225. The van der Waals surface area contributed by atoms with Crippen molar-refractivity contribution in [3.8, 4) is 11.4 Å². The van der Waals surface area contributed by atoms with Crippen LogP contribution >= 0.6 is 0 Å². The maximum atomic E-state index is 13.1. The van der Waals surface area contributed by atoms with E-state index >= 15 is 0 Å². The van der Waals surface area contributed by atoms with Crippen molar-refractivity contribution < 1.29 is 8.91 Å². The summed E-state index contributed by atoms with van der Waals surface area (Å²) >= 11 is 0. The van der Waals surface area contributed by atoms with Gasteiger partial charge in [-0.25, -0.2) is 4.39 Å². The Balaban J connectivity index is 1.83. The second kappa shape index (κ2) is 4.56. The molecule has 0 aliphatic rings. The Morgan fingerprint density at radius 3 is 3.00 bits per heavy atom. The standard InChI is InChI=1S/C11H9FN6O/c1-7-13-10(19-16-7)6-18-15-11(14-17-18)8-3-2-4-9(12)5-8/h2-5H,6H2,1H3. The van der Waals surface area contributed by atoms with Crippen LogP contribution in [0.2, 0.25) is 0 Å². The van der Waals surface area contributed by atoms with Crippen molar-refractivity contribution in [3.63, 3.8) is 0 Å². The number of nitrogens with zero attached hydrogens (tertiary/aromatic N) is 6. The Kier molecular flexibility index (Phi) is 2.75. The smallest absolute Gasteiger partial charge is 0.250 e. The highest BCUT2D eigenvalue weighted by Gasteiger charge is 2.09. The van der Waals surface area contributed by atoms with E-state index in [4.69, 9.17) is 4.52 Å². The molecule has 0 amide bonds. The van der Waals surface area contributed by atoms with Crippen LogP contribution in [-0.2, 0) is 6.54 Å². The highest BCUT2D eigenvalue weighted by Crippen LogP contribution is 2.14. The van der Waals surface area contributed by atoms with Gasteiger partial charge in [0.1, 0.15) is 12.4 Å². The molecule has 0 aliphatic carbocycles. The van der Waals surface area contributed by atoms with E-state index in [0.717, 1.165) is 0 Å². The number of halogens is 1. The maximum absolute atomic E-state index is 13.1. The zero-order valence-corrected chi connectivity index (χ0v) is 9.99. The van der Waals surface area contributed by atoms with Crippen LogP contribution in [-0.4, -0.2) is 30.3 Å². The SMILES string of the molecule is Cc1noc(Cn2nnc(-c3cccc(F)c3)n2)n1. The van der Waals surface area contributed by atoms with Crippen molar-refractivity contribution >= 4 is 0 Å². The van der Waals surface area contributed by atoms with Crippen LogP contribution in [0.3, 0.4) is 0 Å². The highest BCUT2D eigenvalue weighted by atomic mass is 19.1. The van der Waals surface area contributed by atoms with Gasteiger partial charge < -0.3 is 4.52 Å². The van der Waals surface area contributed by atoms with Gasteiger partial charge in [-0.15, -0.1) is 10.2 Å². The first-order valence-corrected chi connectivity index (χ1v) is 5.53. The fraction of sp³-hybridized carbons (Fsp3) is 0.182. The van der Waals surface area contributed by atoms with E-state index in [1.165, 1.54) is 16.9 Å². The molecule has 1 aromatic carbocycles. The number of aromatic nitrogens is 6. The van der Waals surface area contributed by atoms with Crippen molar-refractivity contribution in [2.45, 2.75) is 13.5 Å². The molecule has 0 unspecified atom stereocenters. The Bertz CT molecular complexity index is 707. The first kappa shape index (κ1) is 11.5. The van der Waals surface area contributed by atoms with Crippen molar-refractivity contribution in [2.24, 2.45) is 0 Å². The van der Waals surface area contributed by atoms with Crippen LogP contribution in [0.5, 0.6) is 0 Å². The molecule has 19 heavy (non-hydrogen) atoms. The number of benzene rings is 1. The minimum atomic E-state index is -0.346. The quantitative estimate of drug-likeness (QED) is 0.704. The predicted octanol–water partition coefficient (Wildman–Crippen LogP) is 1.22. The molecular weight excluding hydrogens is 251 g/mol. The number of hydrogen-bond donors (Lipinski definition) is 0. The Labute approximate surface area is 107 Å². The first-order valence-electron chi connectivity index (χ1n) is 5.53. The van der Waals surface area contributed by atoms with E-state index in [9.17, 15) is 4.39 Å². The second-order valence-corrected chi connectivity index (χ2v) is 3.89. The lowest BCUT2D eigenvalue weighted by atomic mass is 10.2. The summed E-state index contributed by atoms with van der Waals surface area (Å²) in [4.78, 5) is 5.35. The largest absolute Gasteiger partial charge is 0.337 e. The average molecular weight is 260 g/mol. The van der Waals surface area contributed by atoms with Crippen LogP contribution in [0.25, 0.3) is 11.4 Å². The molecule has 0 bridgehead atoms. The average Bonchev–Trinajstić information content (AvgIpc) is 2.99. The van der Waals surface area contributed by atoms with Crippen molar-refractivity contribution in [3.05, 3.63) is 41.8 Å². The summed E-state index contributed by atoms with van der Waals surface area (Å²) in [6, 6.07) is 6.00. The number of rotatable bonds is 3. The lowest BCUT2D eigenvalue weighted by Gasteiger charge is -1.94. The summed E-state index contributed by atoms with van der Waals surface area (Å²) in [6.07, 6.45) is 0. The van der Waals surface area contributed by atoms with Crippen molar-refractivity contribution in [2.75, 3.05) is 0 Å². The van der Waals surface area contributed by atoms with E-state index in [1.807, 2.05) is 0 Å². The van der Waals surface area contributed by atoms with Crippen LogP contribution in [0, 0.1) is 12.7 Å². The molecule has 0 radical (unpaired) electrons. The summed E-state index contributed by atoms with van der Waals surface area (Å²) in [5, 5.41) is 15.5. The van der Waals surface area contributed by atoms with Gasteiger partial charge in [0.05, 0.1) is 0 Å². The molecule has 2 aromatic heterocycles. The minimum Gasteiger partial charge on any atom is -0.337 e. The molecule has 0 saturated heterocycles. The zero-order valence-electron chi connectivity index (χ0n) is 9.99. The third-order valence-electron chi connectivity index (χ3n) is 2.38. The lowest BCUT2D eigenvalue weighted by Crippen LogP contribution is -2.04. The third kappa shape index (κ3) is 2.46. The van der Waals surface area contributed by atoms with Crippen LogP contribution in [0.1, 0.15) is 11.7 Å². The lowest BCUT2D eigenvalue weighted by molar-refractivity contribution is 0.353.